The van der Waals surface area contributed by atoms with Crippen LogP contribution in [0.5, 0.6) is 0 Å². The van der Waals surface area contributed by atoms with Crippen molar-refractivity contribution in [2.45, 2.75) is 38.3 Å². The van der Waals surface area contributed by atoms with Crippen molar-refractivity contribution in [3.8, 4) is 0 Å². The lowest BCUT2D eigenvalue weighted by Crippen LogP contribution is -2.31. The zero-order valence-corrected chi connectivity index (χ0v) is 9.68. The van der Waals surface area contributed by atoms with Crippen molar-refractivity contribution in [1.29, 1.82) is 0 Å². The molecule has 2 N–H and O–H groups in total. The molecule has 2 unspecified atom stereocenters. The number of hydrogen-bond acceptors (Lipinski definition) is 3. The molecule has 1 fully saturated rings. The van der Waals surface area contributed by atoms with Gasteiger partial charge in [0, 0.05) is 18.9 Å². The SMILES string of the molecule is OC1CCCC(CNCCn2cccn2)C1. The van der Waals surface area contributed by atoms with Crippen LogP contribution < -0.4 is 5.32 Å². The van der Waals surface area contributed by atoms with Gasteiger partial charge in [0.05, 0.1) is 12.6 Å². The second kappa shape index (κ2) is 6.01. The minimum Gasteiger partial charge on any atom is -0.393 e. The van der Waals surface area contributed by atoms with Gasteiger partial charge in [-0.1, -0.05) is 6.42 Å². The van der Waals surface area contributed by atoms with Gasteiger partial charge < -0.3 is 10.4 Å². The summed E-state index contributed by atoms with van der Waals surface area (Å²) in [6.07, 6.45) is 8.10. The fourth-order valence-electron chi connectivity index (χ4n) is 2.38. The molecule has 0 aromatic carbocycles. The molecular formula is C12H21N3O. The lowest BCUT2D eigenvalue weighted by Gasteiger charge is -2.25. The molecule has 2 rings (SSSR count). The molecule has 1 heterocycles. The van der Waals surface area contributed by atoms with E-state index in [1.165, 1.54) is 12.8 Å². The minimum atomic E-state index is -0.0633. The average Bonchev–Trinajstić information content (AvgIpc) is 2.77. The molecule has 0 saturated heterocycles. The Morgan fingerprint density at radius 1 is 1.44 bits per heavy atom. The molecule has 4 heteroatoms. The molecule has 0 aliphatic heterocycles. The summed E-state index contributed by atoms with van der Waals surface area (Å²) in [7, 11) is 0. The fraction of sp³-hybridized carbons (Fsp3) is 0.750. The second-order valence-electron chi connectivity index (χ2n) is 4.66. The predicted molar refractivity (Wildman–Crippen MR) is 63.1 cm³/mol. The Balaban J connectivity index is 1.57. The fourth-order valence-corrected chi connectivity index (χ4v) is 2.38. The molecule has 0 bridgehead atoms. The van der Waals surface area contributed by atoms with Gasteiger partial charge in [-0.2, -0.15) is 5.10 Å². The summed E-state index contributed by atoms with van der Waals surface area (Å²) >= 11 is 0. The van der Waals surface area contributed by atoms with Crippen LogP contribution in [0, 0.1) is 5.92 Å². The lowest BCUT2D eigenvalue weighted by atomic mass is 9.87. The number of nitrogens with zero attached hydrogens (tertiary/aromatic N) is 2. The zero-order chi connectivity index (χ0) is 11.2. The third kappa shape index (κ3) is 3.61. The topological polar surface area (TPSA) is 50.1 Å². The van der Waals surface area contributed by atoms with Gasteiger partial charge in [-0.15, -0.1) is 0 Å². The van der Waals surface area contributed by atoms with Crippen molar-refractivity contribution >= 4 is 0 Å². The monoisotopic (exact) mass is 223 g/mol. The van der Waals surface area contributed by atoms with Crippen molar-refractivity contribution in [1.82, 2.24) is 15.1 Å². The van der Waals surface area contributed by atoms with Crippen molar-refractivity contribution in [2.24, 2.45) is 5.92 Å². The molecule has 0 radical (unpaired) electrons. The summed E-state index contributed by atoms with van der Waals surface area (Å²) in [6.45, 7) is 2.90. The number of aliphatic hydroxyl groups excluding tert-OH is 1. The average molecular weight is 223 g/mol. The van der Waals surface area contributed by atoms with Gasteiger partial charge in [0.2, 0.25) is 0 Å². The predicted octanol–water partition coefficient (Wildman–Crippen LogP) is 1.02. The highest BCUT2D eigenvalue weighted by atomic mass is 16.3. The van der Waals surface area contributed by atoms with Crippen molar-refractivity contribution < 1.29 is 5.11 Å². The van der Waals surface area contributed by atoms with Crippen molar-refractivity contribution in [3.05, 3.63) is 18.5 Å². The van der Waals surface area contributed by atoms with Crippen LogP contribution in [-0.2, 0) is 6.54 Å². The molecule has 0 spiro atoms. The van der Waals surface area contributed by atoms with Crippen molar-refractivity contribution in [2.75, 3.05) is 13.1 Å². The van der Waals surface area contributed by atoms with Crippen LogP contribution >= 0.6 is 0 Å². The summed E-state index contributed by atoms with van der Waals surface area (Å²) in [5.74, 6) is 0.654. The highest BCUT2D eigenvalue weighted by molar-refractivity contribution is 4.78. The van der Waals surface area contributed by atoms with Crippen LogP contribution in [0.1, 0.15) is 25.7 Å². The van der Waals surface area contributed by atoms with Crippen LogP contribution in [0.3, 0.4) is 0 Å². The van der Waals surface area contributed by atoms with Gasteiger partial charge in [0.25, 0.3) is 0 Å². The van der Waals surface area contributed by atoms with E-state index in [1.54, 1.807) is 6.20 Å². The molecule has 16 heavy (non-hydrogen) atoms. The van der Waals surface area contributed by atoms with E-state index in [9.17, 15) is 5.11 Å². The highest BCUT2D eigenvalue weighted by Gasteiger charge is 2.19. The summed E-state index contributed by atoms with van der Waals surface area (Å²) in [6, 6.07) is 1.94. The first-order valence-electron chi connectivity index (χ1n) is 6.21. The minimum absolute atomic E-state index is 0.0633. The Hall–Kier alpha value is -0.870. The Morgan fingerprint density at radius 3 is 3.12 bits per heavy atom. The number of nitrogens with one attached hydrogen (secondary N) is 1. The number of aliphatic hydroxyl groups is 1. The summed E-state index contributed by atoms with van der Waals surface area (Å²) in [5, 5.41) is 17.1. The van der Waals surface area contributed by atoms with Crippen LogP contribution in [0.25, 0.3) is 0 Å². The van der Waals surface area contributed by atoms with E-state index < -0.39 is 0 Å². The van der Waals surface area contributed by atoms with E-state index in [-0.39, 0.29) is 6.10 Å². The first-order valence-corrected chi connectivity index (χ1v) is 6.21. The van der Waals surface area contributed by atoms with Gasteiger partial charge in [-0.3, -0.25) is 4.68 Å². The molecule has 1 aromatic rings. The van der Waals surface area contributed by atoms with Gasteiger partial charge in [0.1, 0.15) is 0 Å². The third-order valence-electron chi connectivity index (χ3n) is 3.27. The first kappa shape index (κ1) is 11.6. The van der Waals surface area contributed by atoms with Gasteiger partial charge in [-0.05, 0) is 37.8 Å². The maximum Gasteiger partial charge on any atom is 0.0543 e. The number of rotatable bonds is 5. The molecule has 0 amide bonds. The molecule has 1 aliphatic carbocycles. The van der Waals surface area contributed by atoms with Gasteiger partial charge >= 0.3 is 0 Å². The summed E-state index contributed by atoms with van der Waals surface area (Å²) < 4.78 is 1.93. The normalized spacial score (nSPS) is 25.8. The summed E-state index contributed by atoms with van der Waals surface area (Å²) in [4.78, 5) is 0. The Labute approximate surface area is 96.7 Å². The van der Waals surface area contributed by atoms with Crippen LogP contribution in [0.15, 0.2) is 18.5 Å². The Kier molecular flexibility index (Phi) is 4.36. The second-order valence-corrected chi connectivity index (χ2v) is 4.66. The van der Waals surface area contributed by atoms with E-state index in [0.29, 0.717) is 5.92 Å². The highest BCUT2D eigenvalue weighted by Crippen LogP contribution is 2.23. The van der Waals surface area contributed by atoms with E-state index in [2.05, 4.69) is 10.4 Å². The van der Waals surface area contributed by atoms with E-state index in [1.807, 2.05) is 16.9 Å². The molecule has 90 valence electrons. The first-order chi connectivity index (χ1) is 7.84. The lowest BCUT2D eigenvalue weighted by molar-refractivity contribution is 0.101. The zero-order valence-electron chi connectivity index (χ0n) is 9.68. The smallest absolute Gasteiger partial charge is 0.0543 e. The maximum atomic E-state index is 9.54. The van der Waals surface area contributed by atoms with Gasteiger partial charge in [0.15, 0.2) is 0 Å². The molecule has 1 saturated carbocycles. The molecule has 2 atom stereocenters. The maximum absolute atomic E-state index is 9.54. The quantitative estimate of drug-likeness (QED) is 0.733. The third-order valence-corrected chi connectivity index (χ3v) is 3.27. The molecule has 1 aliphatic rings. The van der Waals surface area contributed by atoms with Gasteiger partial charge in [-0.25, -0.2) is 0 Å². The molecule has 1 aromatic heterocycles. The molecular weight excluding hydrogens is 202 g/mol. The van der Waals surface area contributed by atoms with E-state index >= 15 is 0 Å². The van der Waals surface area contributed by atoms with Crippen LogP contribution in [-0.4, -0.2) is 34.1 Å². The molecule has 4 nitrogen and oxygen atoms in total. The van der Waals surface area contributed by atoms with E-state index in [4.69, 9.17) is 0 Å². The van der Waals surface area contributed by atoms with Crippen molar-refractivity contribution in [3.63, 3.8) is 0 Å². The number of hydrogen-bond donors (Lipinski definition) is 2. The van der Waals surface area contributed by atoms with E-state index in [0.717, 1.165) is 32.5 Å². The Bertz CT molecular complexity index is 286. The number of aromatic nitrogens is 2. The summed E-state index contributed by atoms with van der Waals surface area (Å²) in [5.41, 5.74) is 0. The standard InChI is InChI=1S/C12H21N3O/c16-12-4-1-3-11(9-12)10-13-6-8-15-7-2-5-14-15/h2,5,7,11-13,16H,1,3-4,6,8-10H2. The van der Waals surface area contributed by atoms with Crippen LogP contribution in [0.4, 0.5) is 0 Å². The van der Waals surface area contributed by atoms with Crippen LogP contribution in [0.2, 0.25) is 0 Å². The largest absolute Gasteiger partial charge is 0.393 e. The Morgan fingerprint density at radius 2 is 2.38 bits per heavy atom.